The van der Waals surface area contributed by atoms with E-state index in [1.165, 1.54) is 0 Å². The van der Waals surface area contributed by atoms with Crippen molar-refractivity contribution in [1.29, 1.82) is 0 Å². The van der Waals surface area contributed by atoms with Gasteiger partial charge in [0.2, 0.25) is 17.7 Å². The quantitative estimate of drug-likeness (QED) is 0.486. The first-order valence-electron chi connectivity index (χ1n) is 12.6. The molecule has 3 amide bonds. The fraction of sp³-hybridized carbons (Fsp3) is 0.808. The number of nitrogens with zero attached hydrogens (tertiary/aromatic N) is 2. The molecule has 0 aromatic rings. The van der Waals surface area contributed by atoms with Crippen LogP contribution in [0.4, 0.5) is 0 Å². The van der Waals surface area contributed by atoms with Crippen molar-refractivity contribution >= 4 is 17.7 Å². The fourth-order valence-electron chi connectivity index (χ4n) is 4.44. The average molecular weight is 465 g/mol. The van der Waals surface area contributed by atoms with E-state index in [2.05, 4.69) is 29.4 Å². The van der Waals surface area contributed by atoms with Gasteiger partial charge in [-0.25, -0.2) is 0 Å². The Balaban J connectivity index is 3.06. The van der Waals surface area contributed by atoms with E-state index >= 15 is 0 Å². The van der Waals surface area contributed by atoms with Crippen LogP contribution in [-0.4, -0.2) is 71.3 Å². The highest BCUT2D eigenvalue weighted by Crippen LogP contribution is 2.21. The topological polar surface area (TPSA) is 81.8 Å². The molecule has 0 bridgehead atoms. The number of rotatable bonds is 10. The Hall–Kier alpha value is -1.89. The number of hydrogen-bond donors (Lipinski definition) is 2. The Morgan fingerprint density at radius 3 is 2.03 bits per heavy atom. The summed E-state index contributed by atoms with van der Waals surface area (Å²) in [4.78, 5) is 43.1. The van der Waals surface area contributed by atoms with Gasteiger partial charge in [0, 0.05) is 24.7 Å². The fourth-order valence-corrected chi connectivity index (χ4v) is 4.44. The molecular weight excluding hydrogens is 416 g/mol. The molecule has 33 heavy (non-hydrogen) atoms. The van der Waals surface area contributed by atoms with Crippen molar-refractivity contribution in [3.8, 4) is 0 Å². The number of likely N-dealkylation sites (N-methyl/N-ethyl adjacent to an activating group) is 1. The smallest absolute Gasteiger partial charge is 0.246 e. The van der Waals surface area contributed by atoms with Crippen molar-refractivity contribution in [1.82, 2.24) is 20.4 Å². The largest absolute Gasteiger partial charge is 0.350 e. The van der Waals surface area contributed by atoms with Crippen LogP contribution >= 0.6 is 0 Å². The molecule has 0 saturated carbocycles. The number of piperidine rings is 1. The van der Waals surface area contributed by atoms with E-state index in [4.69, 9.17) is 0 Å². The average Bonchev–Trinajstić information content (AvgIpc) is 2.73. The van der Waals surface area contributed by atoms with Crippen LogP contribution in [0.3, 0.4) is 0 Å². The molecule has 190 valence electrons. The van der Waals surface area contributed by atoms with Gasteiger partial charge in [0.25, 0.3) is 0 Å². The van der Waals surface area contributed by atoms with Crippen molar-refractivity contribution < 1.29 is 14.4 Å². The number of nitrogens with one attached hydrogen (secondary N) is 2. The molecule has 7 heteroatoms. The van der Waals surface area contributed by atoms with Gasteiger partial charge >= 0.3 is 0 Å². The molecule has 0 aromatic carbocycles. The van der Waals surface area contributed by atoms with Crippen LogP contribution in [0.1, 0.15) is 81.6 Å². The number of hydrogen-bond acceptors (Lipinski definition) is 4. The lowest BCUT2D eigenvalue weighted by molar-refractivity contribution is -0.140. The number of carbonyl (C=O) groups excluding carboxylic acids is 3. The second kappa shape index (κ2) is 13.1. The lowest BCUT2D eigenvalue weighted by Gasteiger charge is -2.39. The van der Waals surface area contributed by atoms with Crippen molar-refractivity contribution in [3.05, 3.63) is 11.6 Å². The van der Waals surface area contributed by atoms with Crippen LogP contribution in [0.15, 0.2) is 11.6 Å². The molecule has 0 radical (unpaired) electrons. The van der Waals surface area contributed by atoms with Crippen LogP contribution in [0, 0.1) is 11.8 Å². The van der Waals surface area contributed by atoms with Gasteiger partial charge in [-0.15, -0.1) is 0 Å². The molecule has 1 saturated heterocycles. The predicted molar refractivity (Wildman–Crippen MR) is 135 cm³/mol. The summed E-state index contributed by atoms with van der Waals surface area (Å²) < 4.78 is 0. The van der Waals surface area contributed by atoms with Crippen LogP contribution in [-0.2, 0) is 14.4 Å². The summed E-state index contributed by atoms with van der Waals surface area (Å²) in [5.74, 6) is -0.261. The third-order valence-electron chi connectivity index (χ3n) is 6.42. The van der Waals surface area contributed by atoms with E-state index in [9.17, 15) is 14.4 Å². The van der Waals surface area contributed by atoms with E-state index < -0.39 is 6.04 Å². The number of carbonyl (C=O) groups is 3. The van der Waals surface area contributed by atoms with Crippen molar-refractivity contribution in [2.75, 3.05) is 13.6 Å². The van der Waals surface area contributed by atoms with Crippen molar-refractivity contribution in [2.45, 2.75) is 112 Å². The monoisotopic (exact) mass is 464 g/mol. The number of amides is 3. The van der Waals surface area contributed by atoms with Gasteiger partial charge in [-0.2, -0.15) is 0 Å². The van der Waals surface area contributed by atoms with Crippen LogP contribution in [0.2, 0.25) is 0 Å². The van der Waals surface area contributed by atoms with E-state index in [-0.39, 0.29) is 53.7 Å². The second-order valence-electron chi connectivity index (χ2n) is 10.7. The molecule has 1 aliphatic rings. The lowest BCUT2D eigenvalue weighted by atomic mass is 9.95. The minimum Gasteiger partial charge on any atom is -0.350 e. The molecule has 0 aliphatic carbocycles. The lowest BCUT2D eigenvalue weighted by Crippen LogP contribution is -2.58. The molecule has 0 spiro atoms. The van der Waals surface area contributed by atoms with Crippen LogP contribution < -0.4 is 10.6 Å². The molecule has 1 fully saturated rings. The molecule has 2 N–H and O–H groups in total. The summed E-state index contributed by atoms with van der Waals surface area (Å²) in [5.41, 5.74) is 0.585. The minimum atomic E-state index is -0.613. The Labute approximate surface area is 201 Å². The van der Waals surface area contributed by atoms with Gasteiger partial charge in [-0.05, 0) is 65.8 Å². The predicted octanol–water partition coefficient (Wildman–Crippen LogP) is 3.34. The normalized spacial score (nSPS) is 19.7. The zero-order chi connectivity index (χ0) is 25.5. The third kappa shape index (κ3) is 8.43. The van der Waals surface area contributed by atoms with Gasteiger partial charge in [-0.3, -0.25) is 19.3 Å². The zero-order valence-electron chi connectivity index (χ0n) is 22.6. The minimum absolute atomic E-state index is 0.0448. The molecule has 1 rings (SSSR count). The van der Waals surface area contributed by atoms with Gasteiger partial charge in [-0.1, -0.05) is 40.2 Å². The highest BCUT2D eigenvalue weighted by atomic mass is 16.2. The molecule has 0 aromatic heterocycles. The molecule has 3 atom stereocenters. The molecule has 7 nitrogen and oxygen atoms in total. The molecular formula is C26H48N4O3. The van der Waals surface area contributed by atoms with Crippen molar-refractivity contribution in [3.63, 3.8) is 0 Å². The summed E-state index contributed by atoms with van der Waals surface area (Å²) in [5, 5.41) is 5.98. The Kier molecular flexibility index (Phi) is 11.6. The van der Waals surface area contributed by atoms with Crippen LogP contribution in [0.5, 0.6) is 0 Å². The van der Waals surface area contributed by atoms with Gasteiger partial charge < -0.3 is 15.5 Å². The van der Waals surface area contributed by atoms with Crippen LogP contribution in [0.25, 0.3) is 0 Å². The SMILES string of the molecule is C/C(=C\[C@H](C(C)C)N(C)C(=O)[C@@H](NC(=O)C1CCCCN1C(C)C)C(C)C)C(=O)NC(C)C. The molecule has 1 heterocycles. The van der Waals surface area contributed by atoms with E-state index in [1.807, 2.05) is 47.6 Å². The first-order chi connectivity index (χ1) is 15.3. The first kappa shape index (κ1) is 29.1. The van der Waals surface area contributed by atoms with Gasteiger partial charge in [0.15, 0.2) is 0 Å². The van der Waals surface area contributed by atoms with E-state index in [0.29, 0.717) is 5.57 Å². The molecule has 1 aliphatic heterocycles. The standard InChI is InChI=1S/C26H48N4O3/c1-16(2)22(15-20(9)24(31)27-18(5)6)29(10)26(33)23(17(3)4)28-25(32)21-13-11-12-14-30(21)19(7)8/h15-19,21-23H,11-14H2,1-10H3,(H,27,31)(H,28,32)/b20-15+/t21?,22-,23+/m1/s1. The summed E-state index contributed by atoms with van der Waals surface area (Å²) in [6.45, 7) is 18.7. The molecule has 1 unspecified atom stereocenters. The highest BCUT2D eigenvalue weighted by molar-refractivity contribution is 5.93. The van der Waals surface area contributed by atoms with E-state index in [1.54, 1.807) is 18.9 Å². The Bertz CT molecular complexity index is 700. The summed E-state index contributed by atoms with van der Waals surface area (Å²) >= 11 is 0. The Morgan fingerprint density at radius 2 is 1.55 bits per heavy atom. The maximum absolute atomic E-state index is 13.6. The Morgan fingerprint density at radius 1 is 0.939 bits per heavy atom. The van der Waals surface area contributed by atoms with Gasteiger partial charge in [0.1, 0.15) is 6.04 Å². The second-order valence-corrected chi connectivity index (χ2v) is 10.7. The summed E-state index contributed by atoms with van der Waals surface area (Å²) in [7, 11) is 1.76. The maximum Gasteiger partial charge on any atom is 0.246 e. The summed E-state index contributed by atoms with van der Waals surface area (Å²) in [6.07, 6.45) is 4.81. The van der Waals surface area contributed by atoms with E-state index in [0.717, 1.165) is 25.8 Å². The highest BCUT2D eigenvalue weighted by Gasteiger charge is 2.35. The maximum atomic E-state index is 13.6. The summed E-state index contributed by atoms with van der Waals surface area (Å²) in [6, 6.07) is -0.732. The number of likely N-dealkylation sites (tertiary alicyclic amines) is 1. The zero-order valence-corrected chi connectivity index (χ0v) is 22.6. The van der Waals surface area contributed by atoms with Crippen molar-refractivity contribution in [2.24, 2.45) is 11.8 Å². The van der Waals surface area contributed by atoms with Gasteiger partial charge in [0.05, 0.1) is 12.1 Å². The first-order valence-corrected chi connectivity index (χ1v) is 12.6. The third-order valence-corrected chi connectivity index (χ3v) is 6.42.